The molecule has 3 aromatic carbocycles. The molecule has 1 heterocycles. The molecule has 5 heteroatoms. The van der Waals surface area contributed by atoms with Crippen molar-refractivity contribution in [3.05, 3.63) is 94.5 Å². The fourth-order valence-corrected chi connectivity index (χ4v) is 3.52. The van der Waals surface area contributed by atoms with Crippen molar-refractivity contribution in [3.8, 4) is 0 Å². The van der Waals surface area contributed by atoms with E-state index < -0.39 is 5.91 Å². The van der Waals surface area contributed by atoms with Crippen molar-refractivity contribution < 1.29 is 14.4 Å². The average molecular weight is 384 g/mol. The highest BCUT2D eigenvalue weighted by Crippen LogP contribution is 2.32. The number of nitrogens with zero attached hydrogens (tertiary/aromatic N) is 2. The minimum atomic E-state index is -0.407. The molecule has 29 heavy (non-hydrogen) atoms. The summed E-state index contributed by atoms with van der Waals surface area (Å²) in [6.07, 6.45) is 0. The van der Waals surface area contributed by atoms with E-state index in [0.717, 1.165) is 16.8 Å². The molecule has 0 saturated carbocycles. The lowest BCUT2D eigenvalue weighted by Gasteiger charge is -2.17. The standard InChI is InChI=1S/C24H20N2O3/c1-15-9-10-16(2)21(13-15)26-23(28)19-12-11-17(14-20(19)24(26)29)22(27)25(3)18-7-5-4-6-8-18/h4-14H,1-3H3. The highest BCUT2D eigenvalue weighted by atomic mass is 16.2. The van der Waals surface area contributed by atoms with Gasteiger partial charge in [-0.25, -0.2) is 4.90 Å². The smallest absolute Gasteiger partial charge is 0.266 e. The van der Waals surface area contributed by atoms with Crippen molar-refractivity contribution >= 4 is 29.1 Å². The zero-order valence-electron chi connectivity index (χ0n) is 16.5. The maximum atomic E-state index is 13.1. The molecule has 1 aliphatic rings. The van der Waals surface area contributed by atoms with Gasteiger partial charge in [0.15, 0.2) is 0 Å². The van der Waals surface area contributed by atoms with Crippen LogP contribution in [-0.4, -0.2) is 24.8 Å². The van der Waals surface area contributed by atoms with Crippen LogP contribution in [-0.2, 0) is 0 Å². The summed E-state index contributed by atoms with van der Waals surface area (Å²) >= 11 is 0. The number of para-hydroxylation sites is 1. The van der Waals surface area contributed by atoms with Gasteiger partial charge >= 0.3 is 0 Å². The Balaban J connectivity index is 1.70. The van der Waals surface area contributed by atoms with Crippen molar-refractivity contribution in [2.24, 2.45) is 0 Å². The Hall–Kier alpha value is -3.73. The molecule has 0 N–H and O–H groups in total. The van der Waals surface area contributed by atoms with Crippen LogP contribution in [0.1, 0.15) is 42.2 Å². The quantitative estimate of drug-likeness (QED) is 0.630. The summed E-state index contributed by atoms with van der Waals surface area (Å²) in [7, 11) is 1.68. The number of carbonyl (C=O) groups is 3. The molecular weight excluding hydrogens is 364 g/mol. The molecule has 0 bridgehead atoms. The predicted molar refractivity (Wildman–Crippen MR) is 113 cm³/mol. The number of amides is 3. The summed E-state index contributed by atoms with van der Waals surface area (Å²) in [5, 5.41) is 0. The van der Waals surface area contributed by atoms with E-state index in [2.05, 4.69) is 0 Å². The number of aryl methyl sites for hydroxylation is 2. The molecule has 0 fully saturated rings. The van der Waals surface area contributed by atoms with E-state index in [1.807, 2.05) is 62.4 Å². The second-order valence-electron chi connectivity index (χ2n) is 7.20. The molecule has 144 valence electrons. The van der Waals surface area contributed by atoms with Crippen LogP contribution in [0.2, 0.25) is 0 Å². The molecule has 0 saturated heterocycles. The second-order valence-corrected chi connectivity index (χ2v) is 7.20. The first-order chi connectivity index (χ1) is 13.9. The molecule has 5 nitrogen and oxygen atoms in total. The number of hydrogen-bond donors (Lipinski definition) is 0. The van der Waals surface area contributed by atoms with Gasteiger partial charge in [0.05, 0.1) is 16.8 Å². The Bertz CT molecular complexity index is 1150. The van der Waals surface area contributed by atoms with Gasteiger partial charge in [-0.2, -0.15) is 0 Å². The number of rotatable bonds is 3. The van der Waals surface area contributed by atoms with Crippen molar-refractivity contribution in [2.75, 3.05) is 16.8 Å². The van der Waals surface area contributed by atoms with Gasteiger partial charge in [-0.15, -0.1) is 0 Å². The first-order valence-corrected chi connectivity index (χ1v) is 9.31. The van der Waals surface area contributed by atoms with E-state index in [-0.39, 0.29) is 17.4 Å². The first-order valence-electron chi connectivity index (χ1n) is 9.31. The number of hydrogen-bond acceptors (Lipinski definition) is 3. The molecule has 1 aliphatic heterocycles. The molecule has 0 unspecified atom stereocenters. The van der Waals surface area contributed by atoms with Crippen LogP contribution in [0.3, 0.4) is 0 Å². The number of fused-ring (bicyclic) bond motifs is 1. The zero-order valence-corrected chi connectivity index (χ0v) is 16.5. The third kappa shape index (κ3) is 3.10. The maximum Gasteiger partial charge on any atom is 0.266 e. The molecule has 0 spiro atoms. The second kappa shape index (κ2) is 7.02. The van der Waals surface area contributed by atoms with Crippen LogP contribution >= 0.6 is 0 Å². The number of imide groups is 1. The largest absolute Gasteiger partial charge is 0.311 e. The van der Waals surface area contributed by atoms with Crippen molar-refractivity contribution in [2.45, 2.75) is 13.8 Å². The van der Waals surface area contributed by atoms with Gasteiger partial charge in [0.2, 0.25) is 0 Å². The molecule has 0 aromatic heterocycles. The van der Waals surface area contributed by atoms with Crippen LogP contribution in [0.4, 0.5) is 11.4 Å². The van der Waals surface area contributed by atoms with Crippen molar-refractivity contribution in [1.29, 1.82) is 0 Å². The predicted octanol–water partition coefficient (Wildman–Crippen LogP) is 4.38. The molecular formula is C24H20N2O3. The summed E-state index contributed by atoms with van der Waals surface area (Å²) < 4.78 is 0. The van der Waals surface area contributed by atoms with E-state index in [1.165, 1.54) is 15.9 Å². The molecule has 3 amide bonds. The molecule has 3 aromatic rings. The highest BCUT2D eigenvalue weighted by Gasteiger charge is 2.38. The SMILES string of the molecule is Cc1ccc(C)c(N2C(=O)c3ccc(C(=O)N(C)c4ccccc4)cc3C2=O)c1. The third-order valence-electron chi connectivity index (χ3n) is 5.19. The fourth-order valence-electron chi connectivity index (χ4n) is 3.52. The maximum absolute atomic E-state index is 13.1. The summed E-state index contributed by atoms with van der Waals surface area (Å²) in [6.45, 7) is 3.78. The Labute approximate surface area is 169 Å². The topological polar surface area (TPSA) is 57.7 Å². The molecule has 4 rings (SSSR count). The van der Waals surface area contributed by atoms with Gasteiger partial charge < -0.3 is 4.90 Å². The van der Waals surface area contributed by atoms with Gasteiger partial charge in [-0.05, 0) is 61.4 Å². The van der Waals surface area contributed by atoms with Crippen molar-refractivity contribution in [3.63, 3.8) is 0 Å². The molecule has 0 radical (unpaired) electrons. The first kappa shape index (κ1) is 18.6. The lowest BCUT2D eigenvalue weighted by Crippen LogP contribution is -2.30. The molecule has 0 aliphatic carbocycles. The van der Waals surface area contributed by atoms with Crippen molar-refractivity contribution in [1.82, 2.24) is 0 Å². The van der Waals surface area contributed by atoms with E-state index in [4.69, 9.17) is 0 Å². The summed E-state index contributed by atoms with van der Waals surface area (Å²) in [5.41, 5.74) is 4.05. The van der Waals surface area contributed by atoms with Gasteiger partial charge in [0.25, 0.3) is 17.7 Å². The summed E-state index contributed by atoms with van der Waals surface area (Å²) in [4.78, 5) is 41.6. The van der Waals surface area contributed by atoms with Crippen LogP contribution in [0.5, 0.6) is 0 Å². The number of anilines is 2. The lowest BCUT2D eigenvalue weighted by atomic mass is 10.0. The van der Waals surface area contributed by atoms with Gasteiger partial charge in [-0.1, -0.05) is 30.3 Å². The van der Waals surface area contributed by atoms with Crippen LogP contribution in [0.15, 0.2) is 66.7 Å². The minimum absolute atomic E-state index is 0.246. The highest BCUT2D eigenvalue weighted by molar-refractivity contribution is 6.35. The van der Waals surface area contributed by atoms with Gasteiger partial charge in [0, 0.05) is 18.3 Å². The van der Waals surface area contributed by atoms with E-state index in [1.54, 1.807) is 19.2 Å². The van der Waals surface area contributed by atoms with E-state index >= 15 is 0 Å². The monoisotopic (exact) mass is 384 g/mol. The van der Waals surface area contributed by atoms with Crippen LogP contribution < -0.4 is 9.80 Å². The van der Waals surface area contributed by atoms with E-state index in [0.29, 0.717) is 16.8 Å². The number of benzene rings is 3. The summed E-state index contributed by atoms with van der Waals surface area (Å²) in [5.74, 6) is -1.02. The van der Waals surface area contributed by atoms with Gasteiger partial charge in [-0.3, -0.25) is 14.4 Å². The zero-order chi connectivity index (χ0) is 20.7. The minimum Gasteiger partial charge on any atom is -0.311 e. The summed E-state index contributed by atoms with van der Waals surface area (Å²) in [6, 6.07) is 19.6. The lowest BCUT2D eigenvalue weighted by molar-refractivity contribution is 0.0925. The molecule has 0 atom stereocenters. The Morgan fingerprint density at radius 2 is 1.52 bits per heavy atom. The Morgan fingerprint density at radius 1 is 0.828 bits per heavy atom. The Morgan fingerprint density at radius 3 is 2.24 bits per heavy atom. The van der Waals surface area contributed by atoms with Gasteiger partial charge in [0.1, 0.15) is 0 Å². The normalized spacial score (nSPS) is 12.9. The van der Waals surface area contributed by atoms with E-state index in [9.17, 15) is 14.4 Å². The number of carbonyl (C=O) groups excluding carboxylic acids is 3. The average Bonchev–Trinajstić information content (AvgIpc) is 2.99. The third-order valence-corrected chi connectivity index (χ3v) is 5.19. The Kier molecular flexibility index (Phi) is 4.51. The van der Waals surface area contributed by atoms with Crippen LogP contribution in [0.25, 0.3) is 0 Å². The fraction of sp³-hybridized carbons (Fsp3) is 0.125. The van der Waals surface area contributed by atoms with Crippen LogP contribution in [0, 0.1) is 13.8 Å².